The fourth-order valence-electron chi connectivity index (χ4n) is 4.78. The molecule has 9 nitrogen and oxygen atoms in total. The van der Waals surface area contributed by atoms with Gasteiger partial charge in [-0.25, -0.2) is 9.67 Å². The molecule has 2 aromatic carbocycles. The van der Waals surface area contributed by atoms with E-state index in [4.69, 9.17) is 11.6 Å². The van der Waals surface area contributed by atoms with E-state index in [1.807, 2.05) is 44.2 Å². The Labute approximate surface area is 241 Å². The number of hydrogen-bond donors (Lipinski definition) is 2. The summed E-state index contributed by atoms with van der Waals surface area (Å²) in [6.45, 7) is 4.70. The van der Waals surface area contributed by atoms with Crippen LogP contribution in [0.1, 0.15) is 44.2 Å². The number of hydrogen-bond acceptors (Lipinski definition) is 5. The van der Waals surface area contributed by atoms with Gasteiger partial charge in [-0.1, -0.05) is 53.5 Å². The molecule has 1 aliphatic rings. The third kappa shape index (κ3) is 7.67. The average molecular weight is 616 g/mol. The highest BCUT2D eigenvalue weighted by atomic mass is 79.9. The molecular weight excluding hydrogens is 584 g/mol. The Morgan fingerprint density at radius 1 is 1.15 bits per heavy atom. The van der Waals surface area contributed by atoms with Gasteiger partial charge in [0, 0.05) is 22.6 Å². The van der Waals surface area contributed by atoms with Crippen molar-refractivity contribution < 1.29 is 14.4 Å². The number of rotatable bonds is 10. The van der Waals surface area contributed by atoms with Crippen molar-refractivity contribution in [3.63, 3.8) is 0 Å². The van der Waals surface area contributed by atoms with E-state index >= 15 is 0 Å². The van der Waals surface area contributed by atoms with Crippen molar-refractivity contribution in [3.05, 3.63) is 75.7 Å². The summed E-state index contributed by atoms with van der Waals surface area (Å²) in [5, 5.41) is 10.6. The van der Waals surface area contributed by atoms with E-state index in [2.05, 4.69) is 36.6 Å². The van der Waals surface area contributed by atoms with Crippen LogP contribution in [0.15, 0.2) is 59.6 Å². The lowest BCUT2D eigenvalue weighted by molar-refractivity contribution is -0.141. The van der Waals surface area contributed by atoms with Crippen LogP contribution < -0.4 is 10.6 Å². The van der Waals surface area contributed by atoms with Gasteiger partial charge < -0.3 is 15.5 Å². The summed E-state index contributed by atoms with van der Waals surface area (Å²) in [6, 6.07) is 11.5. The van der Waals surface area contributed by atoms with Gasteiger partial charge in [0.25, 0.3) is 0 Å². The molecule has 2 N–H and O–H groups in total. The number of halogens is 2. The normalized spacial score (nSPS) is 15.8. The minimum absolute atomic E-state index is 0.173. The zero-order valence-electron chi connectivity index (χ0n) is 21.9. The molecule has 1 aromatic heterocycles. The quantitative estimate of drug-likeness (QED) is 0.358. The molecule has 39 heavy (non-hydrogen) atoms. The third-order valence-corrected chi connectivity index (χ3v) is 7.38. The third-order valence-electron chi connectivity index (χ3n) is 6.62. The fraction of sp³-hybridized carbons (Fsp3) is 0.393. The maximum atomic E-state index is 13.6. The van der Waals surface area contributed by atoms with Crippen LogP contribution >= 0.6 is 27.5 Å². The molecule has 3 aromatic rings. The maximum Gasteiger partial charge on any atom is 0.245 e. The van der Waals surface area contributed by atoms with Gasteiger partial charge in [-0.2, -0.15) is 5.10 Å². The van der Waals surface area contributed by atoms with Crippen LogP contribution in [0, 0.1) is 5.92 Å². The van der Waals surface area contributed by atoms with Crippen molar-refractivity contribution in [2.45, 2.75) is 58.2 Å². The number of benzene rings is 2. The van der Waals surface area contributed by atoms with E-state index in [-0.39, 0.29) is 36.6 Å². The Hall–Kier alpha value is -3.24. The molecule has 1 fully saturated rings. The summed E-state index contributed by atoms with van der Waals surface area (Å²) in [6.07, 6.45) is 4.94. The van der Waals surface area contributed by atoms with Crippen LogP contribution in [0.4, 0.5) is 0 Å². The van der Waals surface area contributed by atoms with E-state index in [9.17, 15) is 14.4 Å². The first-order chi connectivity index (χ1) is 18.7. The zero-order valence-corrected chi connectivity index (χ0v) is 24.3. The van der Waals surface area contributed by atoms with Gasteiger partial charge in [0.1, 0.15) is 24.7 Å². The number of aromatic nitrogens is 3. The number of likely N-dealkylation sites (tertiary alicyclic amines) is 1. The number of nitrogens with zero attached hydrogens (tertiary/aromatic N) is 4. The summed E-state index contributed by atoms with van der Waals surface area (Å²) in [5.74, 6) is -0.510. The van der Waals surface area contributed by atoms with Crippen molar-refractivity contribution in [2.75, 3.05) is 6.54 Å². The van der Waals surface area contributed by atoms with Gasteiger partial charge in [0.2, 0.25) is 17.7 Å². The van der Waals surface area contributed by atoms with Crippen molar-refractivity contribution in [1.29, 1.82) is 0 Å². The van der Waals surface area contributed by atoms with Crippen LogP contribution in [0.3, 0.4) is 0 Å². The number of nitrogens with one attached hydrogen (secondary N) is 2. The largest absolute Gasteiger partial charge is 0.350 e. The lowest BCUT2D eigenvalue weighted by atomic mass is 10.0. The lowest BCUT2D eigenvalue weighted by Gasteiger charge is -2.29. The predicted molar refractivity (Wildman–Crippen MR) is 152 cm³/mol. The van der Waals surface area contributed by atoms with Crippen LogP contribution in [0.5, 0.6) is 0 Å². The van der Waals surface area contributed by atoms with Gasteiger partial charge in [0.05, 0.1) is 12.1 Å². The molecule has 2 heterocycles. The van der Waals surface area contributed by atoms with Crippen molar-refractivity contribution >= 4 is 45.3 Å². The molecule has 0 aliphatic carbocycles. The smallest absolute Gasteiger partial charge is 0.245 e. The zero-order chi connectivity index (χ0) is 27.9. The molecule has 1 aliphatic heterocycles. The second-order valence-corrected chi connectivity index (χ2v) is 11.4. The first kappa shape index (κ1) is 28.8. The Morgan fingerprint density at radius 2 is 1.92 bits per heavy atom. The Balaban J connectivity index is 1.42. The highest BCUT2D eigenvalue weighted by Gasteiger charge is 2.37. The standard InChI is InChI=1S/C28H32BrClN6O3/c1-18(2)12-23(34-26(37)13-19-5-7-21(29)8-6-19)28(39)35-11-3-4-25(35)27(38)32-15-20-14-22(30)9-10-24(20)36-17-31-16-33-36/h5-10,14,16-18,23,25H,3-4,11-13,15H2,1-2H3,(H,32,38)(H,34,37)/t23-,25-/m0/s1. The fourth-order valence-corrected chi connectivity index (χ4v) is 5.24. The summed E-state index contributed by atoms with van der Waals surface area (Å²) in [7, 11) is 0. The van der Waals surface area contributed by atoms with Crippen LogP contribution in [-0.2, 0) is 27.3 Å². The lowest BCUT2D eigenvalue weighted by Crippen LogP contribution is -2.54. The SMILES string of the molecule is CC(C)C[C@H](NC(=O)Cc1ccc(Br)cc1)C(=O)N1CCC[C@H]1C(=O)NCc1cc(Cl)ccc1-n1cncn1. The van der Waals surface area contributed by atoms with Crippen LogP contribution in [0.25, 0.3) is 5.69 Å². The number of carbonyl (C=O) groups is 3. The molecule has 0 radical (unpaired) electrons. The summed E-state index contributed by atoms with van der Waals surface area (Å²) >= 11 is 9.61. The molecule has 0 bridgehead atoms. The molecule has 1 saturated heterocycles. The van der Waals surface area contributed by atoms with Gasteiger partial charge in [-0.15, -0.1) is 0 Å². The summed E-state index contributed by atoms with van der Waals surface area (Å²) in [4.78, 5) is 45.4. The van der Waals surface area contributed by atoms with Gasteiger partial charge in [-0.05, 0) is 66.6 Å². The molecule has 0 saturated carbocycles. The predicted octanol–water partition coefficient (Wildman–Crippen LogP) is 4.06. The first-order valence-electron chi connectivity index (χ1n) is 13.0. The summed E-state index contributed by atoms with van der Waals surface area (Å²) in [5.41, 5.74) is 2.38. The summed E-state index contributed by atoms with van der Waals surface area (Å²) < 4.78 is 2.54. The molecule has 206 valence electrons. The van der Waals surface area contributed by atoms with Gasteiger partial charge in [0.15, 0.2) is 0 Å². The van der Waals surface area contributed by atoms with E-state index < -0.39 is 12.1 Å². The highest BCUT2D eigenvalue weighted by molar-refractivity contribution is 9.10. The molecule has 0 spiro atoms. The highest BCUT2D eigenvalue weighted by Crippen LogP contribution is 2.22. The van der Waals surface area contributed by atoms with Crippen molar-refractivity contribution in [1.82, 2.24) is 30.3 Å². The Morgan fingerprint density at radius 3 is 2.62 bits per heavy atom. The molecule has 4 rings (SSSR count). The second-order valence-electron chi connectivity index (χ2n) is 10.1. The number of carbonyl (C=O) groups excluding carboxylic acids is 3. The van der Waals surface area contributed by atoms with E-state index in [1.165, 1.54) is 6.33 Å². The molecule has 2 atom stereocenters. The molecule has 3 amide bonds. The first-order valence-corrected chi connectivity index (χ1v) is 14.1. The minimum Gasteiger partial charge on any atom is -0.350 e. The van der Waals surface area contributed by atoms with E-state index in [0.717, 1.165) is 21.3 Å². The van der Waals surface area contributed by atoms with Gasteiger partial charge >= 0.3 is 0 Å². The van der Waals surface area contributed by atoms with E-state index in [0.29, 0.717) is 30.8 Å². The maximum absolute atomic E-state index is 13.6. The van der Waals surface area contributed by atoms with Crippen LogP contribution in [-0.4, -0.2) is 56.0 Å². The van der Waals surface area contributed by atoms with Crippen LogP contribution in [0.2, 0.25) is 5.02 Å². The monoisotopic (exact) mass is 614 g/mol. The number of amides is 3. The van der Waals surface area contributed by atoms with Gasteiger partial charge in [-0.3, -0.25) is 14.4 Å². The average Bonchev–Trinajstić information content (AvgIpc) is 3.60. The van der Waals surface area contributed by atoms with E-state index in [1.54, 1.807) is 28.0 Å². The Bertz CT molecular complexity index is 1300. The minimum atomic E-state index is -0.701. The van der Waals surface area contributed by atoms with Crippen molar-refractivity contribution in [3.8, 4) is 5.69 Å². The van der Waals surface area contributed by atoms with Crippen molar-refractivity contribution in [2.24, 2.45) is 5.92 Å². The Kier molecular flexibility index (Phi) is 9.74. The molecular formula is C28H32BrClN6O3. The second kappa shape index (κ2) is 13.2. The molecule has 0 unspecified atom stereocenters. The molecule has 11 heteroatoms. The topological polar surface area (TPSA) is 109 Å².